The second-order valence-electron chi connectivity index (χ2n) is 6.32. The molecule has 1 amide bonds. The Kier molecular flexibility index (Phi) is 6.15. The van der Waals surface area contributed by atoms with Gasteiger partial charge in [-0.05, 0) is 49.6 Å². The summed E-state index contributed by atoms with van der Waals surface area (Å²) < 4.78 is 25.3. The molecular weight excluding hydrogens is 350 g/mol. The lowest BCUT2D eigenvalue weighted by atomic mass is 10.1. The van der Waals surface area contributed by atoms with Crippen molar-refractivity contribution in [3.05, 3.63) is 64.7 Å². The molecule has 0 saturated carbocycles. The molecule has 6 nitrogen and oxygen atoms in total. The topological polar surface area (TPSA) is 78.8 Å². The van der Waals surface area contributed by atoms with Gasteiger partial charge < -0.3 is 0 Å². The third-order valence-electron chi connectivity index (χ3n) is 3.66. The summed E-state index contributed by atoms with van der Waals surface area (Å²) in [6.07, 6.45) is 2.59. The molecule has 0 atom stereocenters. The summed E-state index contributed by atoms with van der Waals surface area (Å²) in [5.41, 5.74) is 6.64. The van der Waals surface area contributed by atoms with E-state index in [2.05, 4.69) is 10.5 Å². The van der Waals surface area contributed by atoms with Gasteiger partial charge in [-0.1, -0.05) is 35.9 Å². The van der Waals surface area contributed by atoms with Gasteiger partial charge in [0.25, 0.3) is 5.91 Å². The Labute approximate surface area is 154 Å². The van der Waals surface area contributed by atoms with Crippen LogP contribution in [-0.4, -0.2) is 33.3 Å². The van der Waals surface area contributed by atoms with Crippen LogP contribution in [0.1, 0.15) is 22.3 Å². The molecule has 0 heterocycles. The summed E-state index contributed by atoms with van der Waals surface area (Å²) in [7, 11) is -3.61. The highest BCUT2D eigenvalue weighted by molar-refractivity contribution is 7.92. The number of amides is 1. The van der Waals surface area contributed by atoms with E-state index in [0.717, 1.165) is 32.8 Å². The monoisotopic (exact) mass is 373 g/mol. The van der Waals surface area contributed by atoms with Crippen molar-refractivity contribution < 1.29 is 13.2 Å². The fourth-order valence-electron chi connectivity index (χ4n) is 2.49. The molecule has 0 spiro atoms. The van der Waals surface area contributed by atoms with E-state index in [1.165, 1.54) is 6.21 Å². The maximum absolute atomic E-state index is 12.2. The van der Waals surface area contributed by atoms with Gasteiger partial charge in [0.2, 0.25) is 10.0 Å². The van der Waals surface area contributed by atoms with Gasteiger partial charge >= 0.3 is 0 Å². The van der Waals surface area contributed by atoms with Crippen LogP contribution in [0.15, 0.2) is 47.6 Å². The van der Waals surface area contributed by atoms with E-state index in [1.807, 2.05) is 51.1 Å². The molecule has 0 aromatic heterocycles. The summed E-state index contributed by atoms with van der Waals surface area (Å²) in [6.45, 7) is 5.40. The fraction of sp³-hybridized carbons (Fsp3) is 0.263. The molecule has 2 aromatic carbocycles. The summed E-state index contributed by atoms with van der Waals surface area (Å²) in [4.78, 5) is 12.2. The molecule has 7 heteroatoms. The molecule has 2 rings (SSSR count). The van der Waals surface area contributed by atoms with Gasteiger partial charge in [0.05, 0.1) is 18.2 Å². The average molecular weight is 373 g/mol. The molecule has 0 aliphatic rings. The average Bonchev–Trinajstić information content (AvgIpc) is 2.52. The zero-order valence-corrected chi connectivity index (χ0v) is 16.2. The predicted molar refractivity (Wildman–Crippen MR) is 105 cm³/mol. The smallest absolute Gasteiger partial charge is 0.260 e. The first-order valence-electron chi connectivity index (χ1n) is 8.10. The van der Waals surface area contributed by atoms with Crippen LogP contribution in [0.4, 0.5) is 5.69 Å². The number of sulfonamides is 1. The molecule has 0 unspecified atom stereocenters. The highest BCUT2D eigenvalue weighted by Gasteiger charge is 2.21. The number of carbonyl (C=O) groups is 1. The van der Waals surface area contributed by atoms with E-state index in [9.17, 15) is 13.2 Å². The lowest BCUT2D eigenvalue weighted by Crippen LogP contribution is -2.39. The third kappa shape index (κ3) is 5.70. The fourth-order valence-corrected chi connectivity index (χ4v) is 3.33. The zero-order valence-electron chi connectivity index (χ0n) is 15.4. The summed E-state index contributed by atoms with van der Waals surface area (Å²) in [5.74, 6) is -0.516. The number of rotatable bonds is 6. The highest BCUT2D eigenvalue weighted by atomic mass is 32.2. The molecule has 26 heavy (non-hydrogen) atoms. The Hall–Kier alpha value is -2.67. The van der Waals surface area contributed by atoms with Crippen LogP contribution in [-0.2, 0) is 14.8 Å². The van der Waals surface area contributed by atoms with Crippen molar-refractivity contribution in [2.75, 3.05) is 17.1 Å². The Morgan fingerprint density at radius 3 is 2.15 bits per heavy atom. The predicted octanol–water partition coefficient (Wildman–Crippen LogP) is 2.53. The lowest BCUT2D eigenvalue weighted by Gasteiger charge is -2.22. The second kappa shape index (κ2) is 8.14. The molecule has 0 fully saturated rings. The van der Waals surface area contributed by atoms with Crippen LogP contribution < -0.4 is 9.73 Å². The molecule has 0 aliphatic carbocycles. The molecular formula is C19H23N3O3S. The van der Waals surface area contributed by atoms with Crippen molar-refractivity contribution >= 4 is 27.8 Å². The van der Waals surface area contributed by atoms with Gasteiger partial charge in [0.1, 0.15) is 6.54 Å². The normalized spacial score (nSPS) is 11.5. The maximum Gasteiger partial charge on any atom is 0.260 e. The summed E-state index contributed by atoms with van der Waals surface area (Å²) >= 11 is 0. The second-order valence-corrected chi connectivity index (χ2v) is 8.23. The quantitative estimate of drug-likeness (QED) is 0.624. The van der Waals surface area contributed by atoms with Crippen LogP contribution in [0.3, 0.4) is 0 Å². The number of nitrogens with zero attached hydrogens (tertiary/aromatic N) is 2. The number of hydrogen-bond acceptors (Lipinski definition) is 4. The Bertz CT molecular complexity index is 899. The number of hydrazone groups is 1. The van der Waals surface area contributed by atoms with Crippen molar-refractivity contribution in [1.29, 1.82) is 0 Å². The molecule has 0 aliphatic heterocycles. The van der Waals surface area contributed by atoms with E-state index in [0.29, 0.717) is 5.69 Å². The number of nitrogens with one attached hydrogen (secondary N) is 1. The Morgan fingerprint density at radius 2 is 1.62 bits per heavy atom. The molecule has 0 saturated heterocycles. The number of benzene rings is 2. The van der Waals surface area contributed by atoms with E-state index in [-0.39, 0.29) is 6.54 Å². The van der Waals surface area contributed by atoms with E-state index >= 15 is 0 Å². The maximum atomic E-state index is 12.2. The van der Waals surface area contributed by atoms with Gasteiger partial charge in [-0.3, -0.25) is 9.10 Å². The number of aryl methyl sites for hydroxylation is 3. The highest BCUT2D eigenvalue weighted by Crippen LogP contribution is 2.21. The molecule has 2 aromatic rings. The van der Waals surface area contributed by atoms with Gasteiger partial charge in [-0.15, -0.1) is 0 Å². The molecule has 0 radical (unpaired) electrons. The molecule has 138 valence electrons. The van der Waals surface area contributed by atoms with Crippen molar-refractivity contribution in [3.8, 4) is 0 Å². The van der Waals surface area contributed by atoms with Gasteiger partial charge in [0.15, 0.2) is 0 Å². The first-order valence-corrected chi connectivity index (χ1v) is 9.94. The SMILES string of the molecule is Cc1ccc(/C=N\NC(=O)CN(c2cc(C)cc(C)c2)S(C)(=O)=O)cc1. The number of carbonyl (C=O) groups excluding carboxylic acids is 1. The van der Waals surface area contributed by atoms with Gasteiger partial charge in [-0.25, -0.2) is 13.8 Å². The van der Waals surface area contributed by atoms with Gasteiger partial charge in [0, 0.05) is 0 Å². The lowest BCUT2D eigenvalue weighted by molar-refractivity contribution is -0.119. The minimum Gasteiger partial charge on any atom is -0.271 e. The van der Waals surface area contributed by atoms with Crippen LogP contribution in [0.2, 0.25) is 0 Å². The van der Waals surface area contributed by atoms with E-state index in [1.54, 1.807) is 12.1 Å². The summed E-state index contributed by atoms with van der Waals surface area (Å²) in [5, 5.41) is 3.89. The van der Waals surface area contributed by atoms with Crippen LogP contribution in [0, 0.1) is 20.8 Å². The first kappa shape index (κ1) is 19.7. The largest absolute Gasteiger partial charge is 0.271 e. The standard InChI is InChI=1S/C19H23N3O3S/c1-14-5-7-17(8-6-14)12-20-21-19(23)13-22(26(4,24)25)18-10-15(2)9-16(3)11-18/h5-12H,13H2,1-4H3,(H,21,23)/b20-12-. The van der Waals surface area contributed by atoms with Crippen molar-refractivity contribution in [2.24, 2.45) is 5.10 Å². The van der Waals surface area contributed by atoms with Crippen LogP contribution >= 0.6 is 0 Å². The number of hydrogen-bond donors (Lipinski definition) is 1. The van der Waals surface area contributed by atoms with Crippen molar-refractivity contribution in [3.63, 3.8) is 0 Å². The van der Waals surface area contributed by atoms with Crippen molar-refractivity contribution in [1.82, 2.24) is 5.43 Å². The van der Waals surface area contributed by atoms with Crippen LogP contribution in [0.5, 0.6) is 0 Å². The molecule has 0 bridgehead atoms. The number of anilines is 1. The minimum atomic E-state index is -3.61. The third-order valence-corrected chi connectivity index (χ3v) is 4.80. The minimum absolute atomic E-state index is 0.340. The molecule has 1 N–H and O–H groups in total. The van der Waals surface area contributed by atoms with E-state index < -0.39 is 15.9 Å². The Morgan fingerprint density at radius 1 is 1.04 bits per heavy atom. The summed E-state index contributed by atoms with van der Waals surface area (Å²) in [6, 6.07) is 13.0. The van der Waals surface area contributed by atoms with Gasteiger partial charge in [-0.2, -0.15) is 5.10 Å². The zero-order chi connectivity index (χ0) is 19.3. The first-order chi connectivity index (χ1) is 12.1. The van der Waals surface area contributed by atoms with E-state index in [4.69, 9.17) is 0 Å². The Balaban J connectivity index is 2.11. The van der Waals surface area contributed by atoms with Crippen molar-refractivity contribution in [2.45, 2.75) is 20.8 Å². The van der Waals surface area contributed by atoms with Crippen LogP contribution in [0.25, 0.3) is 0 Å².